The molecule has 0 saturated heterocycles. The summed E-state index contributed by atoms with van der Waals surface area (Å²) in [5.41, 5.74) is 4.39. The fourth-order valence-corrected chi connectivity index (χ4v) is 3.94. The van der Waals surface area contributed by atoms with Gasteiger partial charge in [-0.3, -0.25) is 9.59 Å². The smallest absolute Gasteiger partial charge is 0.282 e. The molecule has 0 fully saturated rings. The van der Waals surface area contributed by atoms with Gasteiger partial charge < -0.3 is 5.32 Å². The Kier molecular flexibility index (Phi) is 5.66. The summed E-state index contributed by atoms with van der Waals surface area (Å²) in [5.74, 6) is -0.778. The van der Waals surface area contributed by atoms with E-state index in [0.717, 1.165) is 5.69 Å². The van der Waals surface area contributed by atoms with Crippen LogP contribution in [0, 0.1) is 6.92 Å². The molecule has 0 spiro atoms. The maximum absolute atomic E-state index is 13.5. The second kappa shape index (κ2) is 8.29. The summed E-state index contributed by atoms with van der Waals surface area (Å²) < 4.78 is 0. The van der Waals surface area contributed by atoms with E-state index < -0.39 is 5.91 Å². The zero-order valence-electron chi connectivity index (χ0n) is 18.6. The summed E-state index contributed by atoms with van der Waals surface area (Å²) in [5, 5.41) is 3.72. The van der Waals surface area contributed by atoms with Crippen molar-refractivity contribution >= 4 is 40.4 Å². The molecule has 5 heteroatoms. The average Bonchev–Trinajstić information content (AvgIpc) is 3.00. The first kappa shape index (κ1) is 21.8. The molecule has 4 rings (SSSR count). The third-order valence-corrected chi connectivity index (χ3v) is 6.06. The highest BCUT2D eigenvalue weighted by atomic mass is 35.5. The molecule has 1 aliphatic heterocycles. The van der Waals surface area contributed by atoms with Crippen molar-refractivity contribution < 1.29 is 9.59 Å². The topological polar surface area (TPSA) is 49.4 Å². The van der Waals surface area contributed by atoms with Crippen molar-refractivity contribution in [3.63, 3.8) is 0 Å². The van der Waals surface area contributed by atoms with E-state index in [1.807, 2.05) is 54.6 Å². The summed E-state index contributed by atoms with van der Waals surface area (Å²) in [4.78, 5) is 28.3. The number of imide groups is 1. The molecule has 0 aromatic heterocycles. The Hall–Kier alpha value is -3.37. The van der Waals surface area contributed by atoms with Crippen LogP contribution in [-0.2, 0) is 15.0 Å². The maximum atomic E-state index is 13.5. The predicted molar refractivity (Wildman–Crippen MR) is 131 cm³/mol. The number of nitrogens with zero attached hydrogens (tertiary/aromatic N) is 1. The van der Waals surface area contributed by atoms with Crippen molar-refractivity contribution in [2.45, 2.75) is 33.1 Å². The number of carbonyl (C=O) groups is 2. The SMILES string of the molecule is Cc1c(Cl)cccc1N1C(=O)C(Nc2ccc(C(C)(C)C)cc2)=C(c2ccccc2)C1=O. The number of amides is 2. The molecule has 3 aromatic rings. The Morgan fingerprint density at radius 1 is 0.812 bits per heavy atom. The first-order valence-corrected chi connectivity index (χ1v) is 10.9. The largest absolute Gasteiger partial charge is 0.350 e. The molecular weight excluding hydrogens is 420 g/mol. The van der Waals surface area contributed by atoms with E-state index >= 15 is 0 Å². The minimum absolute atomic E-state index is 0.0209. The summed E-state index contributed by atoms with van der Waals surface area (Å²) in [6.45, 7) is 8.25. The van der Waals surface area contributed by atoms with Crippen molar-refractivity contribution in [3.05, 3.63) is 100 Å². The van der Waals surface area contributed by atoms with Gasteiger partial charge in [-0.2, -0.15) is 0 Å². The Morgan fingerprint density at radius 2 is 1.47 bits per heavy atom. The average molecular weight is 445 g/mol. The van der Waals surface area contributed by atoms with Crippen molar-refractivity contribution in [2.75, 3.05) is 10.2 Å². The lowest BCUT2D eigenvalue weighted by Crippen LogP contribution is -2.33. The number of rotatable bonds is 4. The Bertz CT molecular complexity index is 1220. The van der Waals surface area contributed by atoms with E-state index in [1.54, 1.807) is 25.1 Å². The van der Waals surface area contributed by atoms with Crippen LogP contribution in [-0.4, -0.2) is 11.8 Å². The molecule has 1 aliphatic rings. The van der Waals surface area contributed by atoms with Crippen LogP contribution in [0.15, 0.2) is 78.5 Å². The number of benzene rings is 3. The van der Waals surface area contributed by atoms with Gasteiger partial charge in [0.05, 0.1) is 11.3 Å². The number of halogens is 1. The quantitative estimate of drug-likeness (QED) is 0.477. The minimum Gasteiger partial charge on any atom is -0.350 e. The highest BCUT2D eigenvalue weighted by molar-refractivity contribution is 6.46. The maximum Gasteiger partial charge on any atom is 0.282 e. The summed E-state index contributed by atoms with van der Waals surface area (Å²) in [6.07, 6.45) is 0. The van der Waals surface area contributed by atoms with Gasteiger partial charge in [0.1, 0.15) is 5.70 Å². The summed E-state index contributed by atoms with van der Waals surface area (Å²) in [6, 6.07) is 22.4. The molecule has 0 unspecified atom stereocenters. The van der Waals surface area contributed by atoms with Gasteiger partial charge in [0, 0.05) is 10.7 Å². The molecule has 0 atom stereocenters. The molecule has 1 N–H and O–H groups in total. The fraction of sp³-hybridized carbons (Fsp3) is 0.185. The van der Waals surface area contributed by atoms with Gasteiger partial charge in [0.15, 0.2) is 0 Å². The molecule has 0 bridgehead atoms. The first-order valence-electron chi connectivity index (χ1n) is 10.5. The molecule has 4 nitrogen and oxygen atoms in total. The molecule has 1 heterocycles. The number of nitrogens with one attached hydrogen (secondary N) is 1. The third-order valence-electron chi connectivity index (χ3n) is 5.65. The second-order valence-electron chi connectivity index (χ2n) is 8.90. The van der Waals surface area contributed by atoms with Gasteiger partial charge in [-0.15, -0.1) is 0 Å². The fourth-order valence-electron chi connectivity index (χ4n) is 3.77. The molecule has 3 aromatic carbocycles. The Balaban J connectivity index is 1.79. The standard InChI is InChI=1S/C27H25ClN2O2/c1-17-21(28)11-8-12-22(17)30-25(31)23(18-9-6-5-7-10-18)24(26(30)32)29-20-15-13-19(14-16-20)27(2,3)4/h5-16,29H,1-4H3. The number of anilines is 2. The molecule has 0 radical (unpaired) electrons. The van der Waals surface area contributed by atoms with Gasteiger partial charge in [0.2, 0.25) is 0 Å². The van der Waals surface area contributed by atoms with Gasteiger partial charge in [0.25, 0.3) is 11.8 Å². The van der Waals surface area contributed by atoms with Gasteiger partial charge in [-0.05, 0) is 53.3 Å². The van der Waals surface area contributed by atoms with Crippen molar-refractivity contribution in [1.82, 2.24) is 0 Å². The van der Waals surface area contributed by atoms with Crippen LogP contribution < -0.4 is 10.2 Å². The molecular formula is C27H25ClN2O2. The van der Waals surface area contributed by atoms with E-state index in [2.05, 4.69) is 26.1 Å². The lowest BCUT2D eigenvalue weighted by Gasteiger charge is -2.20. The minimum atomic E-state index is -0.404. The van der Waals surface area contributed by atoms with Gasteiger partial charge in [-0.25, -0.2) is 4.90 Å². The lowest BCUT2D eigenvalue weighted by molar-refractivity contribution is -0.120. The molecule has 2 amide bonds. The highest BCUT2D eigenvalue weighted by Gasteiger charge is 2.41. The van der Waals surface area contributed by atoms with E-state index in [-0.39, 0.29) is 17.0 Å². The lowest BCUT2D eigenvalue weighted by atomic mass is 9.87. The zero-order chi connectivity index (χ0) is 23.0. The van der Waals surface area contributed by atoms with E-state index in [9.17, 15) is 9.59 Å². The van der Waals surface area contributed by atoms with Crippen molar-refractivity contribution in [2.24, 2.45) is 0 Å². The predicted octanol–water partition coefficient (Wildman–Crippen LogP) is 6.34. The van der Waals surface area contributed by atoms with E-state index in [4.69, 9.17) is 11.6 Å². The van der Waals surface area contributed by atoms with Crippen LogP contribution in [0.1, 0.15) is 37.5 Å². The molecule has 0 saturated carbocycles. The van der Waals surface area contributed by atoms with Crippen LogP contribution in [0.3, 0.4) is 0 Å². The van der Waals surface area contributed by atoms with Crippen LogP contribution in [0.5, 0.6) is 0 Å². The van der Waals surface area contributed by atoms with Crippen molar-refractivity contribution in [3.8, 4) is 0 Å². The van der Waals surface area contributed by atoms with Crippen LogP contribution in [0.25, 0.3) is 5.57 Å². The Labute approximate surface area is 193 Å². The van der Waals surface area contributed by atoms with Crippen molar-refractivity contribution in [1.29, 1.82) is 0 Å². The normalized spacial score (nSPS) is 14.3. The number of carbonyl (C=O) groups excluding carboxylic acids is 2. The number of hydrogen-bond donors (Lipinski definition) is 1. The highest BCUT2D eigenvalue weighted by Crippen LogP contribution is 2.36. The van der Waals surface area contributed by atoms with E-state index in [1.165, 1.54) is 10.5 Å². The van der Waals surface area contributed by atoms with E-state index in [0.29, 0.717) is 27.4 Å². The summed E-state index contributed by atoms with van der Waals surface area (Å²) in [7, 11) is 0. The van der Waals surface area contributed by atoms with Crippen LogP contribution in [0.4, 0.5) is 11.4 Å². The van der Waals surface area contributed by atoms with Gasteiger partial charge in [-0.1, -0.05) is 80.9 Å². The first-order chi connectivity index (χ1) is 15.2. The summed E-state index contributed by atoms with van der Waals surface area (Å²) >= 11 is 6.28. The monoisotopic (exact) mass is 444 g/mol. The molecule has 0 aliphatic carbocycles. The molecule has 162 valence electrons. The van der Waals surface area contributed by atoms with Crippen LogP contribution >= 0.6 is 11.6 Å². The van der Waals surface area contributed by atoms with Crippen LogP contribution in [0.2, 0.25) is 5.02 Å². The second-order valence-corrected chi connectivity index (χ2v) is 9.31. The van der Waals surface area contributed by atoms with Gasteiger partial charge >= 0.3 is 0 Å². The Morgan fingerprint density at radius 3 is 2.09 bits per heavy atom. The molecule has 32 heavy (non-hydrogen) atoms. The number of hydrogen-bond acceptors (Lipinski definition) is 3. The zero-order valence-corrected chi connectivity index (χ0v) is 19.3. The third kappa shape index (κ3) is 3.94.